The lowest BCUT2D eigenvalue weighted by Gasteiger charge is -2.21. The first-order valence-electron chi connectivity index (χ1n) is 12.4. The van der Waals surface area contributed by atoms with E-state index in [0.717, 1.165) is 11.1 Å². The highest BCUT2D eigenvalue weighted by atomic mass is 32.2. The van der Waals surface area contributed by atoms with Crippen molar-refractivity contribution < 1.29 is 37.0 Å². The molecule has 2 rings (SSSR count). The molecular formula is C27H37N3O8S. The summed E-state index contributed by atoms with van der Waals surface area (Å²) in [6.07, 6.45) is -1.53. The van der Waals surface area contributed by atoms with Crippen molar-refractivity contribution in [2.24, 2.45) is 0 Å². The lowest BCUT2D eigenvalue weighted by atomic mass is 10.1. The fourth-order valence-corrected chi connectivity index (χ4v) is 5.33. The molecule has 214 valence electrons. The Bertz CT molecular complexity index is 1230. The average Bonchev–Trinajstić information content (AvgIpc) is 2.81. The van der Waals surface area contributed by atoms with Crippen molar-refractivity contribution in [1.29, 1.82) is 0 Å². The second-order valence-electron chi connectivity index (χ2n) is 9.94. The molecule has 2 amide bonds. The Morgan fingerprint density at radius 1 is 0.897 bits per heavy atom. The molecule has 0 aliphatic heterocycles. The van der Waals surface area contributed by atoms with Crippen LogP contribution in [0, 0.1) is 20.8 Å². The lowest BCUT2D eigenvalue weighted by Crippen LogP contribution is -2.49. The van der Waals surface area contributed by atoms with Crippen LogP contribution >= 0.6 is 0 Å². The van der Waals surface area contributed by atoms with Crippen LogP contribution in [0.25, 0.3) is 0 Å². The molecule has 0 aliphatic carbocycles. The highest BCUT2D eigenvalue weighted by molar-refractivity contribution is 7.89. The smallest absolute Gasteiger partial charge is 0.407 e. The van der Waals surface area contributed by atoms with Gasteiger partial charge in [-0.3, -0.25) is 4.79 Å². The quantitative estimate of drug-likeness (QED) is 0.214. The van der Waals surface area contributed by atoms with Gasteiger partial charge < -0.3 is 24.8 Å². The third-order valence-electron chi connectivity index (χ3n) is 5.13. The van der Waals surface area contributed by atoms with Crippen molar-refractivity contribution in [3.63, 3.8) is 0 Å². The first kappa shape index (κ1) is 31.6. The standard InChI is InChI=1S/C27H37N3O8S/c1-18-14-19(2)23(20(3)15-18)39(34,35)30-22(16-29-25(32)37-17-21-10-8-7-9-11-21)24(31)36-13-12-28-26(33)38-27(4,5)6/h7-11,14-15,22,30H,12-13,16-17H2,1-6H3,(H,28,33)(H,29,32). The third kappa shape index (κ3) is 10.9. The average molecular weight is 564 g/mol. The molecule has 12 heteroatoms. The Balaban J connectivity index is 2.08. The molecule has 0 bridgehead atoms. The summed E-state index contributed by atoms with van der Waals surface area (Å²) < 4.78 is 44.3. The number of hydrogen-bond acceptors (Lipinski definition) is 8. The summed E-state index contributed by atoms with van der Waals surface area (Å²) in [4.78, 5) is 36.9. The SMILES string of the molecule is Cc1cc(C)c(S(=O)(=O)NC(CNC(=O)OCc2ccccc2)C(=O)OCCNC(=O)OC(C)(C)C)c(C)c1. The van der Waals surface area contributed by atoms with E-state index in [9.17, 15) is 22.8 Å². The number of ether oxygens (including phenoxy) is 3. The van der Waals surface area contributed by atoms with Gasteiger partial charge in [-0.15, -0.1) is 0 Å². The van der Waals surface area contributed by atoms with E-state index < -0.39 is 46.4 Å². The van der Waals surface area contributed by atoms with Crippen LogP contribution in [0.15, 0.2) is 47.4 Å². The van der Waals surface area contributed by atoms with Crippen molar-refractivity contribution in [2.75, 3.05) is 19.7 Å². The number of carbonyl (C=O) groups excluding carboxylic acids is 3. The van der Waals surface area contributed by atoms with Gasteiger partial charge in [0.05, 0.1) is 11.4 Å². The monoisotopic (exact) mass is 563 g/mol. The van der Waals surface area contributed by atoms with Crippen LogP contribution in [0.3, 0.4) is 0 Å². The Labute approximate surface area is 229 Å². The van der Waals surface area contributed by atoms with Gasteiger partial charge >= 0.3 is 18.2 Å². The maximum absolute atomic E-state index is 13.3. The van der Waals surface area contributed by atoms with Gasteiger partial charge in [-0.25, -0.2) is 18.0 Å². The molecule has 39 heavy (non-hydrogen) atoms. The minimum absolute atomic E-state index is 0.00833. The second kappa shape index (κ2) is 13.9. The summed E-state index contributed by atoms with van der Waals surface area (Å²) in [5.41, 5.74) is 1.96. The van der Waals surface area contributed by atoms with Crippen molar-refractivity contribution in [3.05, 3.63) is 64.7 Å². The number of alkyl carbamates (subject to hydrolysis) is 2. The third-order valence-corrected chi connectivity index (χ3v) is 6.91. The van der Waals surface area contributed by atoms with E-state index in [-0.39, 0.29) is 24.7 Å². The fraction of sp³-hybridized carbons (Fsp3) is 0.444. The number of benzene rings is 2. The Kier molecular flexibility index (Phi) is 11.3. The number of esters is 1. The Hall–Kier alpha value is -3.64. The summed E-state index contributed by atoms with van der Waals surface area (Å²) in [6, 6.07) is 10.9. The number of nitrogens with one attached hydrogen (secondary N) is 3. The molecule has 1 unspecified atom stereocenters. The molecule has 0 radical (unpaired) electrons. The number of carbonyl (C=O) groups is 3. The van der Waals surface area contributed by atoms with Gasteiger partial charge in [0.2, 0.25) is 10.0 Å². The van der Waals surface area contributed by atoms with E-state index in [1.165, 1.54) is 0 Å². The molecule has 1 atom stereocenters. The van der Waals surface area contributed by atoms with Crippen molar-refractivity contribution >= 4 is 28.2 Å². The molecule has 0 spiro atoms. The molecule has 0 aromatic heterocycles. The molecule has 2 aromatic carbocycles. The van der Waals surface area contributed by atoms with Crippen LogP contribution in [-0.2, 0) is 35.6 Å². The lowest BCUT2D eigenvalue weighted by molar-refractivity contribution is -0.145. The Morgan fingerprint density at radius 3 is 2.10 bits per heavy atom. The summed E-state index contributed by atoms with van der Waals surface area (Å²) >= 11 is 0. The van der Waals surface area contributed by atoms with Crippen molar-refractivity contribution in [2.45, 2.75) is 64.7 Å². The molecule has 0 heterocycles. The van der Waals surface area contributed by atoms with Gasteiger partial charge in [0.25, 0.3) is 0 Å². The maximum Gasteiger partial charge on any atom is 0.407 e. The summed E-state index contributed by atoms with van der Waals surface area (Å²) in [5.74, 6) is -0.949. The van der Waals surface area contributed by atoms with Crippen LogP contribution in [0.5, 0.6) is 0 Å². The number of amides is 2. The Morgan fingerprint density at radius 2 is 1.51 bits per heavy atom. The zero-order valence-corrected chi connectivity index (χ0v) is 23.9. The predicted octanol–water partition coefficient (Wildman–Crippen LogP) is 3.25. The number of rotatable bonds is 11. The number of sulfonamides is 1. The predicted molar refractivity (Wildman–Crippen MR) is 145 cm³/mol. The molecule has 0 aliphatic rings. The largest absolute Gasteiger partial charge is 0.463 e. The zero-order chi connectivity index (χ0) is 29.2. The molecule has 11 nitrogen and oxygen atoms in total. The van der Waals surface area contributed by atoms with Crippen LogP contribution in [0.1, 0.15) is 43.0 Å². The van der Waals surface area contributed by atoms with Gasteiger partial charge in [-0.05, 0) is 58.2 Å². The van der Waals surface area contributed by atoms with E-state index in [0.29, 0.717) is 11.1 Å². The first-order valence-corrected chi connectivity index (χ1v) is 13.8. The topological polar surface area (TPSA) is 149 Å². The minimum Gasteiger partial charge on any atom is -0.463 e. The van der Waals surface area contributed by atoms with Gasteiger partial charge in [-0.2, -0.15) is 4.72 Å². The molecular weight excluding hydrogens is 526 g/mol. The second-order valence-corrected chi connectivity index (χ2v) is 11.6. The van der Waals surface area contributed by atoms with Crippen molar-refractivity contribution in [1.82, 2.24) is 15.4 Å². The van der Waals surface area contributed by atoms with Crippen LogP contribution in [0.2, 0.25) is 0 Å². The van der Waals surface area contributed by atoms with E-state index in [2.05, 4.69) is 15.4 Å². The fourth-order valence-electron chi connectivity index (χ4n) is 3.69. The number of aryl methyl sites for hydroxylation is 3. The normalized spacial score (nSPS) is 12.3. The van der Waals surface area contributed by atoms with Crippen LogP contribution in [-0.4, -0.2) is 57.9 Å². The highest BCUT2D eigenvalue weighted by Crippen LogP contribution is 2.22. The molecule has 3 N–H and O–H groups in total. The van der Waals surface area contributed by atoms with Crippen molar-refractivity contribution in [3.8, 4) is 0 Å². The van der Waals surface area contributed by atoms with Crippen LogP contribution in [0.4, 0.5) is 9.59 Å². The van der Waals surface area contributed by atoms with Gasteiger partial charge in [0, 0.05) is 6.54 Å². The van der Waals surface area contributed by atoms with Crippen LogP contribution < -0.4 is 15.4 Å². The van der Waals surface area contributed by atoms with Gasteiger partial charge in [-0.1, -0.05) is 48.0 Å². The summed E-state index contributed by atoms with van der Waals surface area (Å²) in [5, 5.41) is 4.85. The van der Waals surface area contributed by atoms with E-state index in [4.69, 9.17) is 14.2 Å². The molecule has 0 saturated carbocycles. The summed E-state index contributed by atoms with van der Waals surface area (Å²) in [6.45, 7) is 9.52. The molecule has 2 aromatic rings. The van der Waals surface area contributed by atoms with E-state index in [1.807, 2.05) is 13.0 Å². The van der Waals surface area contributed by atoms with Gasteiger partial charge in [0.1, 0.15) is 24.9 Å². The number of hydrogen-bond donors (Lipinski definition) is 3. The minimum atomic E-state index is -4.18. The van der Waals surface area contributed by atoms with E-state index >= 15 is 0 Å². The molecule has 0 saturated heterocycles. The molecule has 0 fully saturated rings. The summed E-state index contributed by atoms with van der Waals surface area (Å²) in [7, 11) is -4.18. The van der Waals surface area contributed by atoms with E-state index in [1.54, 1.807) is 71.0 Å². The first-order chi connectivity index (χ1) is 18.2. The zero-order valence-electron chi connectivity index (χ0n) is 23.1. The maximum atomic E-state index is 13.3. The van der Waals surface area contributed by atoms with Gasteiger partial charge in [0.15, 0.2) is 0 Å². The highest BCUT2D eigenvalue weighted by Gasteiger charge is 2.30.